The molecule has 0 fully saturated rings. The Hall–Kier alpha value is -6.34. The van der Waals surface area contributed by atoms with E-state index >= 15 is 0 Å². The van der Waals surface area contributed by atoms with Gasteiger partial charge in [0.05, 0.1) is 12.3 Å². The van der Waals surface area contributed by atoms with E-state index < -0.39 is 0 Å². The molecule has 9 rings (SSSR count). The van der Waals surface area contributed by atoms with Crippen molar-refractivity contribution in [1.82, 2.24) is 19.9 Å². The number of amidine groups is 1. The van der Waals surface area contributed by atoms with Crippen LogP contribution in [0.1, 0.15) is 11.3 Å². The van der Waals surface area contributed by atoms with Crippen LogP contribution >= 0.6 is 0 Å². The molecule has 7 heteroatoms. The standard InChI is InChI=1S/C40H26N6O/c1-3-11-25(12-4-1)37-44-38(26-13-5-2-6-14-26)46-39(45-37)28-16-9-15-27(21-28)30-19-10-17-29-23-42-40(43-36(29)30)33-22-35-32(24-41-33)31-18-7-8-20-34(31)47-35/h1-22,24,29H,23H2. The molecule has 0 N–H and O–H groups in total. The van der Waals surface area contributed by atoms with Gasteiger partial charge in [0.15, 0.2) is 23.3 Å². The molecule has 3 aromatic heterocycles. The summed E-state index contributed by atoms with van der Waals surface area (Å²) in [5, 5.41) is 2.03. The third kappa shape index (κ3) is 4.94. The van der Waals surface area contributed by atoms with Crippen LogP contribution in [0, 0.1) is 5.92 Å². The highest BCUT2D eigenvalue weighted by atomic mass is 16.3. The number of fused-ring (bicyclic) bond motifs is 4. The van der Waals surface area contributed by atoms with Crippen molar-refractivity contribution >= 4 is 39.1 Å². The Kier molecular flexibility index (Phi) is 6.45. The molecule has 1 atom stereocenters. The zero-order valence-corrected chi connectivity index (χ0v) is 25.2. The molecular formula is C40H26N6O. The molecule has 1 aliphatic carbocycles. The normalized spacial score (nSPS) is 15.7. The highest BCUT2D eigenvalue weighted by Gasteiger charge is 2.26. The molecule has 0 saturated carbocycles. The molecule has 222 valence electrons. The highest BCUT2D eigenvalue weighted by Crippen LogP contribution is 2.33. The summed E-state index contributed by atoms with van der Waals surface area (Å²) < 4.78 is 6.13. The number of hydrogen-bond donors (Lipinski definition) is 0. The summed E-state index contributed by atoms with van der Waals surface area (Å²) in [6.07, 6.45) is 8.22. The summed E-state index contributed by atoms with van der Waals surface area (Å²) in [7, 11) is 0. The number of furan rings is 1. The second kappa shape index (κ2) is 11.2. The van der Waals surface area contributed by atoms with E-state index in [-0.39, 0.29) is 5.92 Å². The summed E-state index contributed by atoms with van der Waals surface area (Å²) in [5.41, 5.74) is 8.10. The Morgan fingerprint density at radius 1 is 0.596 bits per heavy atom. The molecule has 7 nitrogen and oxygen atoms in total. The molecule has 0 bridgehead atoms. The topological polar surface area (TPSA) is 89.4 Å². The minimum atomic E-state index is 0.0730. The van der Waals surface area contributed by atoms with E-state index in [1.54, 1.807) is 0 Å². The van der Waals surface area contributed by atoms with Gasteiger partial charge in [0.1, 0.15) is 16.9 Å². The number of rotatable bonds is 5. The first kappa shape index (κ1) is 27.0. The second-order valence-electron chi connectivity index (χ2n) is 11.5. The molecule has 0 radical (unpaired) electrons. The lowest BCUT2D eigenvalue weighted by Crippen LogP contribution is -2.26. The van der Waals surface area contributed by atoms with Gasteiger partial charge in [-0.1, -0.05) is 115 Å². The number of aliphatic imine (C=N–C) groups is 2. The van der Waals surface area contributed by atoms with Crippen molar-refractivity contribution in [2.24, 2.45) is 15.9 Å². The van der Waals surface area contributed by atoms with Gasteiger partial charge >= 0.3 is 0 Å². The lowest BCUT2D eigenvalue weighted by molar-refractivity contribution is 0.668. The van der Waals surface area contributed by atoms with Gasteiger partial charge < -0.3 is 4.42 Å². The zero-order valence-electron chi connectivity index (χ0n) is 25.2. The molecule has 2 aliphatic rings. The van der Waals surface area contributed by atoms with Gasteiger partial charge in [0.2, 0.25) is 0 Å². The van der Waals surface area contributed by atoms with Gasteiger partial charge in [-0.2, -0.15) is 0 Å². The number of aromatic nitrogens is 4. The Balaban J connectivity index is 1.10. The largest absolute Gasteiger partial charge is 0.456 e. The first-order chi connectivity index (χ1) is 23.3. The lowest BCUT2D eigenvalue weighted by atomic mass is 9.86. The number of allylic oxidation sites excluding steroid dienone is 3. The Bertz CT molecular complexity index is 2380. The quantitative estimate of drug-likeness (QED) is 0.196. The second-order valence-corrected chi connectivity index (χ2v) is 11.5. The fourth-order valence-electron chi connectivity index (χ4n) is 6.18. The van der Waals surface area contributed by atoms with E-state index in [2.05, 4.69) is 30.4 Å². The van der Waals surface area contributed by atoms with Gasteiger partial charge in [-0.05, 0) is 17.7 Å². The highest BCUT2D eigenvalue weighted by molar-refractivity contribution is 6.30. The molecular weight excluding hydrogens is 580 g/mol. The van der Waals surface area contributed by atoms with Crippen LogP contribution in [-0.2, 0) is 0 Å². The predicted octanol–water partition coefficient (Wildman–Crippen LogP) is 8.64. The number of para-hydroxylation sites is 1. The SMILES string of the molecule is C1=CC2CN=C(c3cc4oc5ccccc5c4cn3)N=C2C(c2cccc(-c3nc(-c4ccccc4)nc(-c4ccccc4)n3)c2)=C1. The van der Waals surface area contributed by atoms with E-state index in [1.165, 1.54) is 0 Å². The number of pyridine rings is 1. The Morgan fingerprint density at radius 3 is 2.02 bits per heavy atom. The Morgan fingerprint density at radius 2 is 1.26 bits per heavy atom. The van der Waals surface area contributed by atoms with Crippen molar-refractivity contribution in [3.63, 3.8) is 0 Å². The molecule has 4 heterocycles. The summed E-state index contributed by atoms with van der Waals surface area (Å²) in [6, 6.07) is 38.3. The van der Waals surface area contributed by atoms with E-state index in [4.69, 9.17) is 34.3 Å². The smallest absolute Gasteiger partial charge is 0.173 e. The first-order valence-corrected chi connectivity index (χ1v) is 15.5. The molecule has 4 aromatic carbocycles. The molecule has 0 saturated heterocycles. The van der Waals surface area contributed by atoms with Gasteiger partial charge in [-0.15, -0.1) is 0 Å². The van der Waals surface area contributed by atoms with Gasteiger partial charge in [0.25, 0.3) is 0 Å². The minimum absolute atomic E-state index is 0.0730. The summed E-state index contributed by atoms with van der Waals surface area (Å²) in [6.45, 7) is 0.593. The van der Waals surface area contributed by atoms with Crippen LogP contribution in [0.4, 0.5) is 0 Å². The van der Waals surface area contributed by atoms with Crippen molar-refractivity contribution in [2.75, 3.05) is 6.54 Å². The zero-order chi connectivity index (χ0) is 31.2. The molecule has 47 heavy (non-hydrogen) atoms. The number of hydrogen-bond acceptors (Lipinski definition) is 7. The van der Waals surface area contributed by atoms with Gasteiger partial charge in [-0.3, -0.25) is 9.98 Å². The fraction of sp³-hybridized carbons (Fsp3) is 0.0500. The molecule has 7 aromatic rings. The Labute approximate surface area is 270 Å². The summed E-state index contributed by atoms with van der Waals surface area (Å²) in [4.78, 5) is 29.4. The molecule has 1 aliphatic heterocycles. The summed E-state index contributed by atoms with van der Waals surface area (Å²) in [5.74, 6) is 2.55. The lowest BCUT2D eigenvalue weighted by Gasteiger charge is -2.24. The third-order valence-corrected chi connectivity index (χ3v) is 8.52. The van der Waals surface area contributed by atoms with E-state index in [0.29, 0.717) is 35.5 Å². The summed E-state index contributed by atoms with van der Waals surface area (Å²) >= 11 is 0. The average Bonchev–Trinajstić information content (AvgIpc) is 3.53. The van der Waals surface area contributed by atoms with Crippen molar-refractivity contribution < 1.29 is 4.42 Å². The van der Waals surface area contributed by atoms with Gasteiger partial charge in [-0.25, -0.2) is 19.9 Å². The van der Waals surface area contributed by atoms with Crippen LogP contribution in [0.15, 0.2) is 154 Å². The van der Waals surface area contributed by atoms with Crippen molar-refractivity contribution in [3.05, 3.63) is 151 Å². The first-order valence-electron chi connectivity index (χ1n) is 15.5. The predicted molar refractivity (Wildman–Crippen MR) is 187 cm³/mol. The molecule has 1 unspecified atom stereocenters. The fourth-order valence-corrected chi connectivity index (χ4v) is 6.18. The minimum Gasteiger partial charge on any atom is -0.456 e. The van der Waals surface area contributed by atoms with Gasteiger partial charge in [0, 0.05) is 51.2 Å². The number of nitrogens with zero attached hydrogens (tertiary/aromatic N) is 6. The average molecular weight is 607 g/mol. The van der Waals surface area contributed by atoms with Crippen LogP contribution < -0.4 is 0 Å². The maximum absolute atomic E-state index is 6.13. The maximum Gasteiger partial charge on any atom is 0.173 e. The van der Waals surface area contributed by atoms with E-state index in [9.17, 15) is 0 Å². The van der Waals surface area contributed by atoms with Crippen LogP contribution in [0.5, 0.6) is 0 Å². The van der Waals surface area contributed by atoms with Crippen LogP contribution in [0.2, 0.25) is 0 Å². The van der Waals surface area contributed by atoms with Crippen LogP contribution in [-0.4, -0.2) is 38.0 Å². The van der Waals surface area contributed by atoms with Crippen molar-refractivity contribution in [3.8, 4) is 34.2 Å². The van der Waals surface area contributed by atoms with Crippen molar-refractivity contribution in [1.29, 1.82) is 0 Å². The molecule has 0 spiro atoms. The monoisotopic (exact) mass is 606 g/mol. The van der Waals surface area contributed by atoms with Crippen LogP contribution in [0.25, 0.3) is 61.7 Å². The third-order valence-electron chi connectivity index (χ3n) is 8.52. The maximum atomic E-state index is 6.13. The van der Waals surface area contributed by atoms with E-state index in [0.717, 1.165) is 55.5 Å². The van der Waals surface area contributed by atoms with Crippen LogP contribution in [0.3, 0.4) is 0 Å². The van der Waals surface area contributed by atoms with E-state index in [1.807, 2.05) is 109 Å². The molecule has 0 amide bonds. The van der Waals surface area contributed by atoms with Crippen molar-refractivity contribution in [2.45, 2.75) is 0 Å². The number of benzene rings is 4.